The fourth-order valence-corrected chi connectivity index (χ4v) is 9.97. The van der Waals surface area contributed by atoms with Crippen LogP contribution in [0.4, 0.5) is 0 Å². The van der Waals surface area contributed by atoms with Crippen LogP contribution in [0.15, 0.2) is 194 Å². The minimum absolute atomic E-state index is 0.918. The molecule has 0 amide bonds. The topological polar surface area (TPSA) is 35.6 Å². The molecule has 266 valence electrons. The summed E-state index contributed by atoms with van der Waals surface area (Å²) >= 11 is 1.83. The Kier molecular flexibility index (Phi) is 7.06. The number of pyridine rings is 1. The van der Waals surface area contributed by atoms with Gasteiger partial charge in [-0.2, -0.15) is 0 Å². The lowest BCUT2D eigenvalue weighted by Gasteiger charge is -2.15. The Morgan fingerprint density at radius 2 is 0.947 bits per heavy atom. The number of para-hydroxylation sites is 6. The second kappa shape index (κ2) is 12.6. The molecule has 0 bridgehead atoms. The molecule has 0 saturated heterocycles. The van der Waals surface area contributed by atoms with Gasteiger partial charge in [-0.25, -0.2) is 9.97 Å². The van der Waals surface area contributed by atoms with Gasteiger partial charge < -0.3 is 4.57 Å². The standard InChI is InChI=1S/C52H32N4S/c1-2-14-37(15-3-1)56-47-24-12-9-21-44(47)54-52(56)34-28-26-33(27-29-34)35-30-36(32-38(31-35)55-45-22-10-5-16-39(45)40-17-6-11-23-46(40)55)50-51-49(41-18-4-8-20-43(41)53-50)42-19-7-13-25-48(42)57-51/h1-32H. The van der Waals surface area contributed by atoms with E-state index in [4.69, 9.17) is 9.97 Å². The van der Waals surface area contributed by atoms with Crippen molar-refractivity contribution in [1.29, 1.82) is 0 Å². The lowest BCUT2D eigenvalue weighted by Crippen LogP contribution is -1.98. The number of hydrogen-bond acceptors (Lipinski definition) is 3. The van der Waals surface area contributed by atoms with Gasteiger partial charge in [0.1, 0.15) is 5.82 Å². The molecule has 0 N–H and O–H groups in total. The third-order valence-electron chi connectivity index (χ3n) is 11.3. The van der Waals surface area contributed by atoms with E-state index >= 15 is 0 Å². The molecule has 0 atom stereocenters. The molecule has 0 unspecified atom stereocenters. The first-order valence-corrected chi connectivity index (χ1v) is 20.1. The Morgan fingerprint density at radius 3 is 1.70 bits per heavy atom. The van der Waals surface area contributed by atoms with Crippen LogP contribution in [-0.2, 0) is 0 Å². The van der Waals surface area contributed by atoms with E-state index in [2.05, 4.69) is 203 Å². The van der Waals surface area contributed by atoms with Crippen LogP contribution in [0.2, 0.25) is 0 Å². The smallest absolute Gasteiger partial charge is 0.145 e. The zero-order valence-electron chi connectivity index (χ0n) is 30.7. The van der Waals surface area contributed by atoms with E-state index in [-0.39, 0.29) is 0 Å². The number of hydrogen-bond donors (Lipinski definition) is 0. The summed E-state index contributed by atoms with van der Waals surface area (Å²) in [4.78, 5) is 10.6. The zero-order chi connectivity index (χ0) is 37.5. The molecule has 0 aliphatic rings. The number of thiophene rings is 1. The van der Waals surface area contributed by atoms with Crippen molar-refractivity contribution in [2.75, 3.05) is 0 Å². The molecule has 12 rings (SSSR count). The lowest BCUT2D eigenvalue weighted by molar-refractivity contribution is 1.10. The lowest BCUT2D eigenvalue weighted by atomic mass is 9.97. The van der Waals surface area contributed by atoms with Crippen LogP contribution in [0, 0.1) is 0 Å². The summed E-state index contributed by atoms with van der Waals surface area (Å²) in [5.41, 5.74) is 13.0. The van der Waals surface area contributed by atoms with Gasteiger partial charge in [0.15, 0.2) is 0 Å². The number of fused-ring (bicyclic) bond motifs is 9. The summed E-state index contributed by atoms with van der Waals surface area (Å²) in [5.74, 6) is 0.918. The first-order chi connectivity index (χ1) is 28.3. The van der Waals surface area contributed by atoms with Crippen LogP contribution < -0.4 is 0 Å². The zero-order valence-corrected chi connectivity index (χ0v) is 31.5. The van der Waals surface area contributed by atoms with Gasteiger partial charge in [-0.15, -0.1) is 11.3 Å². The highest BCUT2D eigenvalue weighted by atomic mass is 32.1. The Hall–Kier alpha value is -7.34. The predicted octanol–water partition coefficient (Wildman–Crippen LogP) is 14.0. The van der Waals surface area contributed by atoms with Crippen molar-refractivity contribution in [3.05, 3.63) is 194 Å². The van der Waals surface area contributed by atoms with Gasteiger partial charge in [-0.05, 0) is 77.9 Å². The maximum Gasteiger partial charge on any atom is 0.145 e. The van der Waals surface area contributed by atoms with E-state index in [0.29, 0.717) is 0 Å². The number of rotatable bonds is 5. The van der Waals surface area contributed by atoms with Gasteiger partial charge in [0.05, 0.1) is 38.0 Å². The average Bonchev–Trinajstić information content (AvgIpc) is 3.97. The SMILES string of the molecule is c1ccc(-n2c(-c3ccc(-c4cc(-c5nc6ccccc6c6c5sc5ccccc56)cc(-n5c6ccccc6c6ccccc65)c4)cc3)nc3ccccc32)cc1. The molecule has 0 saturated carbocycles. The minimum atomic E-state index is 0.918. The Bertz CT molecular complexity index is 3460. The van der Waals surface area contributed by atoms with Gasteiger partial charge in [0.25, 0.3) is 0 Å². The molecular formula is C52H32N4S. The summed E-state index contributed by atoms with van der Waals surface area (Å²) < 4.78 is 7.14. The maximum atomic E-state index is 5.45. The average molecular weight is 745 g/mol. The predicted molar refractivity (Wildman–Crippen MR) is 240 cm³/mol. The largest absolute Gasteiger partial charge is 0.309 e. The van der Waals surface area contributed by atoms with Crippen LogP contribution in [0.3, 0.4) is 0 Å². The first kappa shape index (κ1) is 32.0. The van der Waals surface area contributed by atoms with Crippen molar-refractivity contribution in [3.8, 4) is 45.1 Å². The molecule has 0 aliphatic carbocycles. The molecule has 4 nitrogen and oxygen atoms in total. The fraction of sp³-hybridized carbons (Fsp3) is 0. The maximum absolute atomic E-state index is 5.45. The van der Waals surface area contributed by atoms with Crippen LogP contribution in [-0.4, -0.2) is 19.1 Å². The summed E-state index contributed by atoms with van der Waals surface area (Å²) in [6.07, 6.45) is 0. The summed E-state index contributed by atoms with van der Waals surface area (Å²) in [5, 5.41) is 6.20. The molecule has 5 heteroatoms. The Balaban J connectivity index is 1.10. The highest BCUT2D eigenvalue weighted by Gasteiger charge is 2.20. The van der Waals surface area contributed by atoms with Crippen molar-refractivity contribution < 1.29 is 0 Å². The third-order valence-corrected chi connectivity index (χ3v) is 12.5. The molecule has 8 aromatic carbocycles. The van der Waals surface area contributed by atoms with E-state index in [1.54, 1.807) is 0 Å². The Morgan fingerprint density at radius 1 is 0.368 bits per heavy atom. The molecule has 0 fully saturated rings. The molecule has 0 spiro atoms. The fourth-order valence-electron chi connectivity index (χ4n) is 8.74. The van der Waals surface area contributed by atoms with Crippen molar-refractivity contribution in [2.45, 2.75) is 0 Å². The third kappa shape index (κ3) is 4.99. The second-order valence-electron chi connectivity index (χ2n) is 14.6. The van der Waals surface area contributed by atoms with Gasteiger partial charge in [0, 0.05) is 54.1 Å². The molecule has 0 radical (unpaired) electrons. The van der Waals surface area contributed by atoms with Crippen molar-refractivity contribution in [2.24, 2.45) is 0 Å². The number of imidazole rings is 1. The minimum Gasteiger partial charge on any atom is -0.309 e. The number of nitrogens with zero attached hydrogens (tertiary/aromatic N) is 4. The van der Waals surface area contributed by atoms with Gasteiger partial charge >= 0.3 is 0 Å². The highest BCUT2D eigenvalue weighted by molar-refractivity contribution is 7.26. The first-order valence-electron chi connectivity index (χ1n) is 19.2. The van der Waals surface area contributed by atoms with Crippen molar-refractivity contribution >= 4 is 75.3 Å². The molecule has 4 heterocycles. The van der Waals surface area contributed by atoms with Crippen molar-refractivity contribution in [1.82, 2.24) is 19.1 Å². The molecular weight excluding hydrogens is 713 g/mol. The van der Waals surface area contributed by atoms with E-state index in [1.807, 2.05) is 11.3 Å². The van der Waals surface area contributed by atoms with Crippen LogP contribution in [0.1, 0.15) is 0 Å². The molecule has 0 aliphatic heterocycles. The molecule has 12 aromatic rings. The van der Waals surface area contributed by atoms with Gasteiger partial charge in [-0.1, -0.05) is 127 Å². The van der Waals surface area contributed by atoms with Crippen LogP contribution >= 0.6 is 11.3 Å². The molecule has 57 heavy (non-hydrogen) atoms. The molecule has 4 aromatic heterocycles. The van der Waals surface area contributed by atoms with Crippen LogP contribution in [0.25, 0.3) is 109 Å². The van der Waals surface area contributed by atoms with Crippen LogP contribution in [0.5, 0.6) is 0 Å². The number of benzene rings is 8. The van der Waals surface area contributed by atoms with Gasteiger partial charge in [-0.3, -0.25) is 4.57 Å². The normalized spacial score (nSPS) is 11.9. The monoisotopic (exact) mass is 744 g/mol. The van der Waals surface area contributed by atoms with Gasteiger partial charge in [0.2, 0.25) is 0 Å². The van der Waals surface area contributed by atoms with Crippen molar-refractivity contribution in [3.63, 3.8) is 0 Å². The Labute approximate surface area is 332 Å². The summed E-state index contributed by atoms with van der Waals surface area (Å²) in [6, 6.07) is 69.5. The summed E-state index contributed by atoms with van der Waals surface area (Å²) in [6.45, 7) is 0. The van der Waals surface area contributed by atoms with E-state index in [0.717, 1.165) is 61.7 Å². The van der Waals surface area contributed by atoms with E-state index in [9.17, 15) is 0 Å². The highest BCUT2D eigenvalue weighted by Crippen LogP contribution is 2.44. The van der Waals surface area contributed by atoms with E-state index in [1.165, 1.54) is 47.4 Å². The second-order valence-corrected chi connectivity index (χ2v) is 15.6. The number of aromatic nitrogens is 4. The summed E-state index contributed by atoms with van der Waals surface area (Å²) in [7, 11) is 0. The quantitative estimate of drug-likeness (QED) is 0.176. The van der Waals surface area contributed by atoms with E-state index < -0.39 is 0 Å².